The van der Waals surface area contributed by atoms with E-state index in [1.54, 1.807) is 26.1 Å². The highest BCUT2D eigenvalue weighted by molar-refractivity contribution is 5.89. The molecule has 0 aliphatic carbocycles. The molecule has 2 N–H and O–H groups in total. The number of halogens is 3. The van der Waals surface area contributed by atoms with Crippen molar-refractivity contribution in [1.82, 2.24) is 19.9 Å². The van der Waals surface area contributed by atoms with Gasteiger partial charge in [0.05, 0.1) is 28.9 Å². The number of aryl methyl sites for hydroxylation is 1. The molecule has 2 saturated heterocycles. The molecule has 1 aromatic carbocycles. The van der Waals surface area contributed by atoms with Crippen molar-refractivity contribution >= 4 is 28.6 Å². The summed E-state index contributed by atoms with van der Waals surface area (Å²) in [7, 11) is 0. The summed E-state index contributed by atoms with van der Waals surface area (Å²) in [6.45, 7) is 7.55. The first kappa shape index (κ1) is 23.1. The number of anilines is 2. The fraction of sp³-hybridized carbons (Fsp3) is 0.417. The second-order valence-electron chi connectivity index (χ2n) is 9.56. The first-order valence-corrected chi connectivity index (χ1v) is 11.3. The van der Waals surface area contributed by atoms with Crippen LogP contribution < -0.4 is 10.2 Å². The number of fused-ring (bicyclic) bond motifs is 1. The molecule has 4 heterocycles. The van der Waals surface area contributed by atoms with Crippen LogP contribution in [0.2, 0.25) is 0 Å². The van der Waals surface area contributed by atoms with E-state index in [0.29, 0.717) is 41.3 Å². The molecule has 0 saturated carbocycles. The van der Waals surface area contributed by atoms with Crippen molar-refractivity contribution in [3.63, 3.8) is 0 Å². The van der Waals surface area contributed by atoms with Gasteiger partial charge in [-0.15, -0.1) is 0 Å². The van der Waals surface area contributed by atoms with Crippen molar-refractivity contribution in [2.24, 2.45) is 5.41 Å². The van der Waals surface area contributed by atoms with Gasteiger partial charge in [-0.05, 0) is 44.0 Å². The van der Waals surface area contributed by atoms with Crippen LogP contribution in [-0.4, -0.2) is 57.2 Å². The van der Waals surface area contributed by atoms with Gasteiger partial charge < -0.3 is 20.2 Å². The molecule has 2 fully saturated rings. The van der Waals surface area contributed by atoms with E-state index in [1.165, 1.54) is 17.9 Å². The molecule has 11 heteroatoms. The number of rotatable bonds is 4. The first-order valence-electron chi connectivity index (χ1n) is 11.3. The molecule has 3 aromatic rings. The lowest BCUT2D eigenvalue weighted by molar-refractivity contribution is -0.138. The van der Waals surface area contributed by atoms with Crippen molar-refractivity contribution in [3.8, 4) is 0 Å². The SMILES string of the molecule is Cc1nc(N[C@H](C)c2cccc(C(F)(F)F)c2C)c2cc(N3CC4(CN(C(=O)O)C4)C3)cnc2n1. The number of carboxylic acid groups (broad SMARTS) is 1. The zero-order chi connectivity index (χ0) is 25.1. The average molecular weight is 486 g/mol. The van der Waals surface area contributed by atoms with Crippen LogP contribution in [-0.2, 0) is 6.18 Å². The number of likely N-dealkylation sites (tertiary alicyclic amines) is 1. The highest BCUT2D eigenvalue weighted by atomic mass is 19.4. The van der Waals surface area contributed by atoms with E-state index in [0.717, 1.165) is 24.8 Å². The lowest BCUT2D eigenvalue weighted by Gasteiger charge is -2.60. The molecule has 35 heavy (non-hydrogen) atoms. The third kappa shape index (κ3) is 4.08. The van der Waals surface area contributed by atoms with E-state index in [9.17, 15) is 18.0 Å². The van der Waals surface area contributed by atoms with E-state index < -0.39 is 23.9 Å². The van der Waals surface area contributed by atoms with E-state index in [1.807, 2.05) is 6.07 Å². The van der Waals surface area contributed by atoms with Gasteiger partial charge in [0.1, 0.15) is 11.6 Å². The van der Waals surface area contributed by atoms with Crippen LogP contribution in [0.1, 0.15) is 35.5 Å². The Balaban J connectivity index is 1.40. The molecule has 184 valence electrons. The number of nitrogens with zero attached hydrogens (tertiary/aromatic N) is 5. The average Bonchev–Trinajstić information content (AvgIpc) is 2.70. The van der Waals surface area contributed by atoms with E-state index in [-0.39, 0.29) is 11.0 Å². The van der Waals surface area contributed by atoms with Crippen molar-refractivity contribution in [2.45, 2.75) is 33.0 Å². The minimum Gasteiger partial charge on any atom is -0.465 e. The van der Waals surface area contributed by atoms with E-state index in [4.69, 9.17) is 5.11 Å². The summed E-state index contributed by atoms with van der Waals surface area (Å²) in [5, 5.41) is 13.0. The molecule has 2 aliphatic heterocycles. The van der Waals surface area contributed by atoms with E-state index in [2.05, 4.69) is 25.2 Å². The van der Waals surface area contributed by atoms with Gasteiger partial charge in [-0.2, -0.15) is 13.2 Å². The Morgan fingerprint density at radius 3 is 2.54 bits per heavy atom. The number of carbonyl (C=O) groups is 1. The highest BCUT2D eigenvalue weighted by Crippen LogP contribution is 2.42. The maximum Gasteiger partial charge on any atom is 0.416 e. The van der Waals surface area contributed by atoms with Gasteiger partial charge in [0.2, 0.25) is 0 Å². The van der Waals surface area contributed by atoms with Crippen LogP contribution in [0.25, 0.3) is 11.0 Å². The van der Waals surface area contributed by atoms with Crippen LogP contribution >= 0.6 is 0 Å². The lowest BCUT2D eigenvalue weighted by Crippen LogP contribution is -2.73. The number of hydrogen-bond donors (Lipinski definition) is 2. The molecular weight excluding hydrogens is 461 g/mol. The quantitative estimate of drug-likeness (QED) is 0.555. The third-order valence-electron chi connectivity index (χ3n) is 6.89. The zero-order valence-electron chi connectivity index (χ0n) is 19.5. The molecule has 1 spiro atoms. The summed E-state index contributed by atoms with van der Waals surface area (Å²) in [6.07, 6.45) is -3.58. The minimum absolute atomic E-state index is 0.00621. The first-order chi connectivity index (χ1) is 16.5. The summed E-state index contributed by atoms with van der Waals surface area (Å²) in [5.41, 5.74) is 1.42. The van der Waals surface area contributed by atoms with Crippen LogP contribution in [0.3, 0.4) is 0 Å². The van der Waals surface area contributed by atoms with Gasteiger partial charge in [0.15, 0.2) is 5.65 Å². The summed E-state index contributed by atoms with van der Waals surface area (Å²) >= 11 is 0. The minimum atomic E-state index is -4.42. The Labute approximate surface area is 199 Å². The maximum absolute atomic E-state index is 13.4. The summed E-state index contributed by atoms with van der Waals surface area (Å²) in [5.74, 6) is 1.00. The third-order valence-corrected chi connectivity index (χ3v) is 6.89. The molecule has 8 nitrogen and oxygen atoms in total. The summed E-state index contributed by atoms with van der Waals surface area (Å²) in [6, 6.07) is 5.67. The Morgan fingerprint density at radius 2 is 1.89 bits per heavy atom. The van der Waals surface area contributed by atoms with Gasteiger partial charge in [-0.1, -0.05) is 12.1 Å². The zero-order valence-corrected chi connectivity index (χ0v) is 19.5. The Kier molecular flexibility index (Phi) is 5.26. The molecule has 5 rings (SSSR count). The fourth-order valence-corrected chi connectivity index (χ4v) is 5.15. The number of hydrogen-bond acceptors (Lipinski definition) is 6. The number of aromatic nitrogens is 3. The predicted molar refractivity (Wildman–Crippen MR) is 125 cm³/mol. The summed E-state index contributed by atoms with van der Waals surface area (Å²) < 4.78 is 40.2. The highest BCUT2D eigenvalue weighted by Gasteiger charge is 2.53. The lowest BCUT2D eigenvalue weighted by atomic mass is 9.73. The van der Waals surface area contributed by atoms with Gasteiger partial charge in [0, 0.05) is 31.6 Å². The molecule has 2 aliphatic rings. The molecule has 0 bridgehead atoms. The molecule has 0 radical (unpaired) electrons. The van der Waals surface area contributed by atoms with E-state index >= 15 is 0 Å². The smallest absolute Gasteiger partial charge is 0.416 e. The number of benzene rings is 1. The van der Waals surface area contributed by atoms with Crippen LogP contribution in [0.5, 0.6) is 0 Å². The molecule has 2 aromatic heterocycles. The number of pyridine rings is 1. The van der Waals surface area contributed by atoms with Gasteiger partial charge in [-0.3, -0.25) is 0 Å². The predicted octanol–water partition coefficient (Wildman–Crippen LogP) is 4.63. The van der Waals surface area contributed by atoms with Crippen LogP contribution in [0.15, 0.2) is 30.5 Å². The van der Waals surface area contributed by atoms with Crippen molar-refractivity contribution < 1.29 is 23.1 Å². The Hall–Kier alpha value is -3.63. The largest absolute Gasteiger partial charge is 0.465 e. The standard InChI is InChI=1S/C24H25F3N6O2/c1-13-17(5-4-6-19(13)24(25,26)27)14(2)29-21-18-7-16(8-28-20(18)30-15(3)31-21)32-9-23(10-32)11-33(12-23)22(34)35/h4-8,14H,9-12H2,1-3H3,(H,34,35)(H,28,29,30,31)/t14-/m1/s1. The number of amides is 1. The normalized spacial score (nSPS) is 17.8. The molecule has 1 amide bonds. The molecule has 1 atom stereocenters. The van der Waals surface area contributed by atoms with Crippen molar-refractivity contribution in [1.29, 1.82) is 0 Å². The summed E-state index contributed by atoms with van der Waals surface area (Å²) in [4.78, 5) is 28.0. The topological polar surface area (TPSA) is 94.5 Å². The van der Waals surface area contributed by atoms with Crippen LogP contribution in [0.4, 0.5) is 29.5 Å². The van der Waals surface area contributed by atoms with Gasteiger partial charge >= 0.3 is 12.3 Å². The molecule has 0 unspecified atom stereocenters. The second-order valence-corrected chi connectivity index (χ2v) is 9.56. The fourth-order valence-electron chi connectivity index (χ4n) is 5.15. The second kappa shape index (κ2) is 7.96. The monoisotopic (exact) mass is 486 g/mol. The van der Waals surface area contributed by atoms with Gasteiger partial charge in [0.25, 0.3) is 0 Å². The Morgan fingerprint density at radius 1 is 1.17 bits per heavy atom. The van der Waals surface area contributed by atoms with Crippen LogP contribution in [0, 0.1) is 19.3 Å². The Bertz CT molecular complexity index is 1310. The maximum atomic E-state index is 13.4. The number of alkyl halides is 3. The van der Waals surface area contributed by atoms with Gasteiger partial charge in [-0.25, -0.2) is 19.7 Å². The van der Waals surface area contributed by atoms with Crippen molar-refractivity contribution in [2.75, 3.05) is 36.4 Å². The number of nitrogens with one attached hydrogen (secondary N) is 1. The molecular formula is C24H25F3N6O2. The van der Waals surface area contributed by atoms with Crippen molar-refractivity contribution in [3.05, 3.63) is 53.0 Å².